The van der Waals surface area contributed by atoms with Gasteiger partial charge in [-0.25, -0.2) is 0 Å². The molecule has 0 aliphatic carbocycles. The lowest BCUT2D eigenvalue weighted by Gasteiger charge is -2.27. The number of nitrogens with one attached hydrogen (secondary N) is 1. The lowest BCUT2D eigenvalue weighted by molar-refractivity contribution is -0.384. The third kappa shape index (κ3) is 5.01. The average molecular weight is 293 g/mol. The van der Waals surface area contributed by atoms with E-state index in [4.69, 9.17) is 0 Å². The van der Waals surface area contributed by atoms with Gasteiger partial charge < -0.3 is 5.32 Å². The lowest BCUT2D eigenvalue weighted by atomic mass is 10.1. The largest absolute Gasteiger partial charge is 0.379 e. The molecule has 0 saturated carbocycles. The van der Waals surface area contributed by atoms with Gasteiger partial charge in [0.25, 0.3) is 5.69 Å². The van der Waals surface area contributed by atoms with Crippen LogP contribution in [0.5, 0.6) is 0 Å². The van der Waals surface area contributed by atoms with Crippen LogP contribution in [0.2, 0.25) is 0 Å². The molecule has 0 atom stereocenters. The first-order valence-corrected chi connectivity index (χ1v) is 7.75. The fourth-order valence-corrected chi connectivity index (χ4v) is 2.35. The van der Waals surface area contributed by atoms with Gasteiger partial charge in [0, 0.05) is 25.2 Å². The molecule has 0 spiro atoms. The monoisotopic (exact) mass is 293 g/mol. The van der Waals surface area contributed by atoms with Crippen molar-refractivity contribution < 1.29 is 4.92 Å². The Morgan fingerprint density at radius 1 is 1.29 bits per heavy atom. The van der Waals surface area contributed by atoms with E-state index in [0.29, 0.717) is 11.7 Å². The quantitative estimate of drug-likeness (QED) is 0.551. The van der Waals surface area contributed by atoms with E-state index in [1.54, 1.807) is 12.1 Å². The number of nitro benzene ring substituents is 1. The molecule has 118 valence electrons. The summed E-state index contributed by atoms with van der Waals surface area (Å²) in [6, 6.07) is 5.75. The average Bonchev–Trinajstić information content (AvgIpc) is 2.44. The molecule has 5 nitrogen and oxygen atoms in total. The summed E-state index contributed by atoms with van der Waals surface area (Å²) in [7, 11) is 0. The first-order chi connectivity index (χ1) is 10.0. The van der Waals surface area contributed by atoms with E-state index in [0.717, 1.165) is 38.0 Å². The van der Waals surface area contributed by atoms with Crippen LogP contribution in [0.4, 0.5) is 11.4 Å². The summed E-state index contributed by atoms with van der Waals surface area (Å²) in [5.41, 5.74) is 1.84. The van der Waals surface area contributed by atoms with Crippen LogP contribution in [0, 0.1) is 10.1 Å². The van der Waals surface area contributed by atoms with Gasteiger partial charge in [0.1, 0.15) is 5.69 Å². The van der Waals surface area contributed by atoms with Crippen molar-refractivity contribution >= 4 is 11.4 Å². The van der Waals surface area contributed by atoms with E-state index < -0.39 is 0 Å². The number of hydrogen-bond donors (Lipinski definition) is 1. The molecule has 1 N–H and O–H groups in total. The molecule has 0 amide bonds. The van der Waals surface area contributed by atoms with Crippen molar-refractivity contribution in [1.29, 1.82) is 0 Å². The SMILES string of the molecule is CCCNc1c(CN(CCC)C(C)C)cccc1[N+](=O)[O-]. The fraction of sp³-hybridized carbons (Fsp3) is 0.625. The van der Waals surface area contributed by atoms with Gasteiger partial charge >= 0.3 is 0 Å². The predicted molar refractivity (Wildman–Crippen MR) is 87.7 cm³/mol. The number of rotatable bonds is 9. The molecule has 0 unspecified atom stereocenters. The Labute approximate surface area is 127 Å². The molecule has 0 aliphatic heterocycles. The predicted octanol–water partition coefficient (Wildman–Crippen LogP) is 4.04. The van der Waals surface area contributed by atoms with Gasteiger partial charge in [-0.2, -0.15) is 0 Å². The van der Waals surface area contributed by atoms with Crippen LogP contribution >= 0.6 is 0 Å². The molecule has 0 heterocycles. The molecule has 5 heteroatoms. The number of nitrogens with zero attached hydrogens (tertiary/aromatic N) is 2. The zero-order valence-electron chi connectivity index (χ0n) is 13.6. The van der Waals surface area contributed by atoms with E-state index >= 15 is 0 Å². The van der Waals surface area contributed by atoms with Crippen LogP contribution in [0.3, 0.4) is 0 Å². The standard InChI is InChI=1S/C16H27N3O2/c1-5-10-17-16-14(8-7-9-15(16)19(20)21)12-18(11-6-2)13(3)4/h7-9,13,17H,5-6,10-12H2,1-4H3. The minimum absolute atomic E-state index is 0.168. The van der Waals surface area contributed by atoms with Gasteiger partial charge in [0.05, 0.1) is 4.92 Å². The number of hydrogen-bond acceptors (Lipinski definition) is 4. The van der Waals surface area contributed by atoms with E-state index in [-0.39, 0.29) is 10.6 Å². The van der Waals surface area contributed by atoms with Crippen LogP contribution in [-0.4, -0.2) is 29.0 Å². The maximum absolute atomic E-state index is 11.2. The van der Waals surface area contributed by atoms with E-state index in [2.05, 4.69) is 37.9 Å². The zero-order chi connectivity index (χ0) is 15.8. The summed E-state index contributed by atoms with van der Waals surface area (Å²) >= 11 is 0. The normalized spacial score (nSPS) is 11.1. The van der Waals surface area contributed by atoms with Crippen molar-refractivity contribution in [3.63, 3.8) is 0 Å². The second-order valence-corrected chi connectivity index (χ2v) is 5.56. The van der Waals surface area contributed by atoms with Gasteiger partial charge in [-0.05, 0) is 38.8 Å². The number of nitro groups is 1. The number of anilines is 1. The van der Waals surface area contributed by atoms with Gasteiger partial charge in [0.15, 0.2) is 0 Å². The second-order valence-electron chi connectivity index (χ2n) is 5.56. The van der Waals surface area contributed by atoms with Crippen LogP contribution < -0.4 is 5.32 Å². The maximum atomic E-state index is 11.2. The molecule has 1 rings (SSSR count). The van der Waals surface area contributed by atoms with Crippen molar-refractivity contribution in [3.8, 4) is 0 Å². The molecule has 0 saturated heterocycles. The molecule has 0 aliphatic rings. The smallest absolute Gasteiger partial charge is 0.292 e. The van der Waals surface area contributed by atoms with E-state index in [9.17, 15) is 10.1 Å². The van der Waals surface area contributed by atoms with Crippen LogP contribution in [0.1, 0.15) is 46.1 Å². The van der Waals surface area contributed by atoms with Crippen molar-refractivity contribution in [2.75, 3.05) is 18.4 Å². The molecule has 1 aromatic rings. The highest BCUT2D eigenvalue weighted by Gasteiger charge is 2.19. The molecule has 0 bridgehead atoms. The van der Waals surface area contributed by atoms with E-state index in [1.165, 1.54) is 0 Å². The first kappa shape index (κ1) is 17.4. The molecule has 21 heavy (non-hydrogen) atoms. The Morgan fingerprint density at radius 2 is 2.00 bits per heavy atom. The Kier molecular flexibility index (Phi) is 7.15. The number of benzene rings is 1. The van der Waals surface area contributed by atoms with Gasteiger partial charge in [-0.3, -0.25) is 15.0 Å². The minimum atomic E-state index is -0.305. The van der Waals surface area contributed by atoms with Gasteiger partial charge in [-0.15, -0.1) is 0 Å². The summed E-state index contributed by atoms with van der Waals surface area (Å²) in [5.74, 6) is 0. The minimum Gasteiger partial charge on any atom is -0.379 e. The highest BCUT2D eigenvalue weighted by molar-refractivity contribution is 5.66. The van der Waals surface area contributed by atoms with Crippen molar-refractivity contribution in [2.45, 2.75) is 53.1 Å². The summed E-state index contributed by atoms with van der Waals surface area (Å²) in [6.45, 7) is 11.0. The molecule has 1 aromatic carbocycles. The maximum Gasteiger partial charge on any atom is 0.292 e. The Hall–Kier alpha value is -1.62. The molecular formula is C16H27N3O2. The highest BCUT2D eigenvalue weighted by Crippen LogP contribution is 2.29. The summed E-state index contributed by atoms with van der Waals surface area (Å²) in [5, 5.41) is 14.5. The topological polar surface area (TPSA) is 58.4 Å². The van der Waals surface area contributed by atoms with Crippen LogP contribution in [0.25, 0.3) is 0 Å². The third-order valence-electron chi connectivity index (χ3n) is 3.49. The molecule has 0 radical (unpaired) electrons. The summed E-state index contributed by atoms with van der Waals surface area (Å²) in [4.78, 5) is 13.3. The van der Waals surface area contributed by atoms with Crippen molar-refractivity contribution in [1.82, 2.24) is 4.90 Å². The van der Waals surface area contributed by atoms with Crippen LogP contribution in [0.15, 0.2) is 18.2 Å². The Bertz CT molecular complexity index is 461. The Balaban J connectivity index is 3.08. The van der Waals surface area contributed by atoms with Gasteiger partial charge in [-0.1, -0.05) is 26.0 Å². The molecular weight excluding hydrogens is 266 g/mol. The second kappa shape index (κ2) is 8.62. The zero-order valence-corrected chi connectivity index (χ0v) is 13.6. The summed E-state index contributed by atoms with van der Waals surface area (Å²) in [6.07, 6.45) is 2.01. The number of para-hydroxylation sites is 1. The van der Waals surface area contributed by atoms with Gasteiger partial charge in [0.2, 0.25) is 0 Å². The highest BCUT2D eigenvalue weighted by atomic mass is 16.6. The fourth-order valence-electron chi connectivity index (χ4n) is 2.35. The van der Waals surface area contributed by atoms with Crippen molar-refractivity contribution in [2.24, 2.45) is 0 Å². The molecule has 0 aromatic heterocycles. The third-order valence-corrected chi connectivity index (χ3v) is 3.49. The molecule has 0 fully saturated rings. The lowest BCUT2D eigenvalue weighted by Crippen LogP contribution is -2.31. The Morgan fingerprint density at radius 3 is 2.52 bits per heavy atom. The van der Waals surface area contributed by atoms with E-state index in [1.807, 2.05) is 6.07 Å². The van der Waals surface area contributed by atoms with Crippen molar-refractivity contribution in [3.05, 3.63) is 33.9 Å². The first-order valence-electron chi connectivity index (χ1n) is 7.75. The van der Waals surface area contributed by atoms with Crippen LogP contribution in [-0.2, 0) is 6.54 Å². The summed E-state index contributed by atoms with van der Waals surface area (Å²) < 4.78 is 0.